The molecule has 0 unspecified atom stereocenters. The highest BCUT2D eigenvalue weighted by Crippen LogP contribution is 2.20. The van der Waals surface area contributed by atoms with E-state index in [1.807, 2.05) is 0 Å². The van der Waals surface area contributed by atoms with E-state index in [0.717, 1.165) is 0 Å². The monoisotopic (exact) mass is 177 g/mol. The van der Waals surface area contributed by atoms with Gasteiger partial charge < -0.3 is 5.73 Å². The number of hydrogen-bond donors (Lipinski definition) is 1. The summed E-state index contributed by atoms with van der Waals surface area (Å²) in [6.45, 7) is 0. The van der Waals surface area contributed by atoms with Gasteiger partial charge in [-0.2, -0.15) is 8.78 Å². The molecule has 0 amide bonds. The summed E-state index contributed by atoms with van der Waals surface area (Å²) in [5, 5.41) is 0.0363. The molecule has 1 aromatic rings. The molecule has 0 fully saturated rings. The fourth-order valence-electron chi connectivity index (χ4n) is 0.467. The molecule has 2 N–H and O–H groups in total. The van der Waals surface area contributed by atoms with Crippen LogP contribution in [0.1, 0.15) is 0 Å². The number of anilines is 1. The van der Waals surface area contributed by atoms with Crippen molar-refractivity contribution in [2.75, 3.05) is 5.73 Å². The molecule has 0 atom stereocenters. The van der Waals surface area contributed by atoms with Crippen LogP contribution in [0.25, 0.3) is 0 Å². The average Bonchev–Trinajstić information content (AvgIpc) is 1.93. The number of rotatable bonds is 2. The highest BCUT2D eigenvalue weighted by molar-refractivity contribution is 7.99. The van der Waals surface area contributed by atoms with Crippen LogP contribution in [-0.2, 0) is 0 Å². The largest absolute Gasteiger partial charge is 0.396 e. The van der Waals surface area contributed by atoms with E-state index in [4.69, 9.17) is 5.73 Å². The zero-order valence-corrected chi connectivity index (χ0v) is 6.18. The summed E-state index contributed by atoms with van der Waals surface area (Å²) in [5.74, 6) is -2.49. The number of nitrogens with zero attached hydrogens (tertiary/aromatic N) is 2. The van der Waals surface area contributed by atoms with Crippen molar-refractivity contribution in [3.63, 3.8) is 0 Å². The van der Waals surface area contributed by atoms with Gasteiger partial charge in [0.2, 0.25) is 0 Å². The van der Waals surface area contributed by atoms with Crippen LogP contribution in [0.5, 0.6) is 0 Å². The van der Waals surface area contributed by atoms with Crippen molar-refractivity contribution < 1.29 is 8.78 Å². The first-order valence-electron chi connectivity index (χ1n) is 2.71. The summed E-state index contributed by atoms with van der Waals surface area (Å²) < 4.78 is 23.3. The molecule has 1 heterocycles. The molecule has 0 spiro atoms. The van der Waals surface area contributed by atoms with E-state index in [0.29, 0.717) is 17.4 Å². The van der Waals surface area contributed by atoms with Gasteiger partial charge in [-0.15, -0.1) is 0 Å². The van der Waals surface area contributed by atoms with Gasteiger partial charge >= 0.3 is 0 Å². The normalized spacial score (nSPS) is 10.5. The maximum absolute atomic E-state index is 11.7. The lowest BCUT2D eigenvalue weighted by Gasteiger charge is -1.96. The van der Waals surface area contributed by atoms with Crippen LogP contribution >= 0.6 is 11.8 Å². The van der Waals surface area contributed by atoms with Crippen molar-refractivity contribution in [2.24, 2.45) is 0 Å². The third-order valence-corrected chi connectivity index (χ3v) is 1.44. The van der Waals surface area contributed by atoms with Gasteiger partial charge in [-0.3, -0.25) is 0 Å². The second-order valence-corrected chi connectivity index (χ2v) is 2.63. The number of hydrogen-bond acceptors (Lipinski definition) is 4. The Morgan fingerprint density at radius 1 is 1.36 bits per heavy atom. The lowest BCUT2D eigenvalue weighted by Crippen LogP contribution is -1.92. The SMILES string of the molecule is Nc1cnc(SC(F)F)nc1. The van der Waals surface area contributed by atoms with Crippen molar-refractivity contribution in [3.8, 4) is 0 Å². The topological polar surface area (TPSA) is 51.8 Å². The first-order chi connectivity index (χ1) is 5.18. The third kappa shape index (κ3) is 2.67. The summed E-state index contributed by atoms with van der Waals surface area (Å²) >= 11 is 0.296. The lowest BCUT2D eigenvalue weighted by atomic mass is 10.6. The molecule has 0 aliphatic carbocycles. The molecular formula is C5H5F2N3S. The first-order valence-corrected chi connectivity index (χ1v) is 3.59. The van der Waals surface area contributed by atoms with E-state index in [1.165, 1.54) is 12.4 Å². The smallest absolute Gasteiger partial charge is 0.291 e. The number of thioether (sulfide) groups is 1. The van der Waals surface area contributed by atoms with Crippen LogP contribution in [0, 0.1) is 0 Å². The van der Waals surface area contributed by atoms with Crippen LogP contribution in [0.15, 0.2) is 17.6 Å². The van der Waals surface area contributed by atoms with Gasteiger partial charge in [0.25, 0.3) is 5.76 Å². The van der Waals surface area contributed by atoms with E-state index in [2.05, 4.69) is 9.97 Å². The van der Waals surface area contributed by atoms with Crippen molar-refractivity contribution in [3.05, 3.63) is 12.4 Å². The van der Waals surface area contributed by atoms with Crippen LogP contribution in [0.4, 0.5) is 14.5 Å². The number of nitrogens with two attached hydrogens (primary N) is 1. The fourth-order valence-corrected chi connectivity index (χ4v) is 0.853. The summed E-state index contributed by atoms with van der Waals surface area (Å²) in [7, 11) is 0. The Balaban J connectivity index is 2.66. The van der Waals surface area contributed by atoms with Crippen LogP contribution in [-0.4, -0.2) is 15.7 Å². The van der Waals surface area contributed by atoms with Crippen LogP contribution < -0.4 is 5.73 Å². The summed E-state index contributed by atoms with van der Waals surface area (Å²) in [5.41, 5.74) is 5.60. The van der Waals surface area contributed by atoms with E-state index in [9.17, 15) is 8.78 Å². The third-order valence-electron chi connectivity index (χ3n) is 0.843. The number of aromatic nitrogens is 2. The molecule has 6 heteroatoms. The maximum atomic E-state index is 11.7. The van der Waals surface area contributed by atoms with Crippen molar-refractivity contribution in [2.45, 2.75) is 10.9 Å². The molecule has 11 heavy (non-hydrogen) atoms. The van der Waals surface area contributed by atoms with E-state index in [1.54, 1.807) is 0 Å². The van der Waals surface area contributed by atoms with Gasteiger partial charge in [-0.25, -0.2) is 9.97 Å². The van der Waals surface area contributed by atoms with Crippen molar-refractivity contribution >= 4 is 17.4 Å². The first kappa shape index (κ1) is 8.19. The molecule has 0 bridgehead atoms. The molecule has 0 saturated carbocycles. The predicted octanol–water partition coefficient (Wildman–Crippen LogP) is 1.37. The highest BCUT2D eigenvalue weighted by Gasteiger charge is 2.06. The van der Waals surface area contributed by atoms with Crippen molar-refractivity contribution in [1.82, 2.24) is 9.97 Å². The molecule has 3 nitrogen and oxygen atoms in total. The predicted molar refractivity (Wildman–Crippen MR) is 38.3 cm³/mol. The van der Waals surface area contributed by atoms with E-state index < -0.39 is 5.76 Å². The molecule has 0 radical (unpaired) electrons. The molecule has 1 aromatic heterocycles. The Kier molecular flexibility index (Phi) is 2.58. The second-order valence-electron chi connectivity index (χ2n) is 1.68. The fraction of sp³-hybridized carbons (Fsp3) is 0.200. The van der Waals surface area contributed by atoms with Crippen LogP contribution in [0.2, 0.25) is 0 Å². The van der Waals surface area contributed by atoms with Gasteiger partial charge in [0.15, 0.2) is 5.16 Å². The zero-order chi connectivity index (χ0) is 8.27. The highest BCUT2D eigenvalue weighted by atomic mass is 32.2. The molecule has 0 saturated heterocycles. The van der Waals surface area contributed by atoms with Crippen molar-refractivity contribution in [1.29, 1.82) is 0 Å². The number of alkyl halides is 2. The van der Waals surface area contributed by atoms with Gasteiger partial charge in [0.05, 0.1) is 18.1 Å². The quantitative estimate of drug-likeness (QED) is 0.547. The Morgan fingerprint density at radius 2 is 1.91 bits per heavy atom. The Bertz CT molecular complexity index is 226. The minimum atomic E-state index is -2.49. The van der Waals surface area contributed by atoms with E-state index >= 15 is 0 Å². The molecule has 0 aliphatic heterocycles. The second kappa shape index (κ2) is 3.47. The summed E-state index contributed by atoms with van der Waals surface area (Å²) in [6, 6.07) is 0. The number of halogens is 2. The Hall–Kier alpha value is -0.910. The maximum Gasteiger partial charge on any atom is 0.291 e. The minimum absolute atomic E-state index is 0.0363. The summed E-state index contributed by atoms with van der Waals surface area (Å²) in [6.07, 6.45) is 2.58. The van der Waals surface area contributed by atoms with Gasteiger partial charge in [0, 0.05) is 0 Å². The van der Waals surface area contributed by atoms with Gasteiger partial charge in [0.1, 0.15) is 0 Å². The lowest BCUT2D eigenvalue weighted by molar-refractivity contribution is 0.251. The zero-order valence-electron chi connectivity index (χ0n) is 5.37. The van der Waals surface area contributed by atoms with Crippen LogP contribution in [0.3, 0.4) is 0 Å². The summed E-state index contributed by atoms with van der Waals surface area (Å²) in [4.78, 5) is 7.13. The molecular weight excluding hydrogens is 172 g/mol. The number of nitrogen functional groups attached to an aromatic ring is 1. The molecule has 0 aromatic carbocycles. The average molecular weight is 177 g/mol. The molecule has 1 rings (SSSR count). The molecule has 60 valence electrons. The standard InChI is InChI=1S/C5H5F2N3S/c6-4(7)11-5-9-1-3(8)2-10-5/h1-2,4H,8H2. The minimum Gasteiger partial charge on any atom is -0.396 e. The van der Waals surface area contributed by atoms with Gasteiger partial charge in [-0.05, 0) is 11.8 Å². The Labute approximate surface area is 66.0 Å². The molecule has 0 aliphatic rings. The van der Waals surface area contributed by atoms with E-state index in [-0.39, 0.29) is 5.16 Å². The van der Waals surface area contributed by atoms with Gasteiger partial charge in [-0.1, -0.05) is 0 Å². The Morgan fingerprint density at radius 3 is 2.36 bits per heavy atom.